The summed E-state index contributed by atoms with van der Waals surface area (Å²) >= 11 is 0. The molecule has 0 aliphatic carbocycles. The first kappa shape index (κ1) is 15.0. The van der Waals surface area contributed by atoms with Crippen molar-refractivity contribution < 1.29 is 4.79 Å². The fourth-order valence-corrected chi connectivity index (χ4v) is 2.26. The second kappa shape index (κ2) is 6.21. The number of rotatable bonds is 2. The number of halogens is 1. The summed E-state index contributed by atoms with van der Waals surface area (Å²) in [5, 5.41) is 0. The van der Waals surface area contributed by atoms with Crippen LogP contribution in [0.2, 0.25) is 0 Å². The van der Waals surface area contributed by atoms with Gasteiger partial charge in [0.25, 0.3) is 5.91 Å². The van der Waals surface area contributed by atoms with Gasteiger partial charge in [-0.2, -0.15) is 0 Å². The lowest BCUT2D eigenvalue weighted by molar-refractivity contribution is 0.0785. The van der Waals surface area contributed by atoms with E-state index in [1.807, 2.05) is 29.2 Å². The molecule has 0 radical (unpaired) electrons. The lowest BCUT2D eigenvalue weighted by Crippen LogP contribution is -2.28. The molecule has 4 heteroatoms. The van der Waals surface area contributed by atoms with E-state index >= 15 is 0 Å². The molecule has 2 N–H and O–H groups in total. The molecule has 0 bridgehead atoms. The van der Waals surface area contributed by atoms with E-state index in [1.54, 1.807) is 0 Å². The van der Waals surface area contributed by atoms with Gasteiger partial charge in [0.2, 0.25) is 0 Å². The van der Waals surface area contributed by atoms with Crippen molar-refractivity contribution >= 4 is 18.3 Å². The fraction of sp³-hybridized carbons (Fsp3) is 0.500. The van der Waals surface area contributed by atoms with Crippen LogP contribution >= 0.6 is 12.4 Å². The highest BCUT2D eigenvalue weighted by molar-refractivity contribution is 5.94. The molecule has 1 heterocycles. The third kappa shape index (κ3) is 3.03. The van der Waals surface area contributed by atoms with Crippen molar-refractivity contribution in [3.8, 4) is 0 Å². The van der Waals surface area contributed by atoms with E-state index in [9.17, 15) is 4.79 Å². The van der Waals surface area contributed by atoms with Crippen LogP contribution in [0, 0.1) is 11.8 Å². The Bertz CT molecular complexity index is 395. The summed E-state index contributed by atoms with van der Waals surface area (Å²) in [6.45, 7) is 6.68. The molecular weight excluding hydrogens is 248 g/mol. The summed E-state index contributed by atoms with van der Waals surface area (Å²) in [6.07, 6.45) is 0. The molecular formula is C14H21ClN2O. The molecule has 1 fully saturated rings. The normalized spacial score (nSPS) is 22.7. The van der Waals surface area contributed by atoms with E-state index in [4.69, 9.17) is 5.73 Å². The summed E-state index contributed by atoms with van der Waals surface area (Å²) in [4.78, 5) is 14.2. The van der Waals surface area contributed by atoms with Gasteiger partial charge in [0.15, 0.2) is 0 Å². The van der Waals surface area contributed by atoms with Gasteiger partial charge in [0, 0.05) is 25.2 Å². The third-order valence-electron chi connectivity index (χ3n) is 3.71. The van der Waals surface area contributed by atoms with Crippen LogP contribution in [-0.4, -0.2) is 23.9 Å². The molecule has 100 valence electrons. The first-order chi connectivity index (χ1) is 8.11. The van der Waals surface area contributed by atoms with Crippen molar-refractivity contribution in [2.24, 2.45) is 17.6 Å². The lowest BCUT2D eigenvalue weighted by Gasteiger charge is -2.16. The van der Waals surface area contributed by atoms with Gasteiger partial charge in [0.05, 0.1) is 0 Å². The van der Waals surface area contributed by atoms with Gasteiger partial charge in [-0.15, -0.1) is 12.4 Å². The largest absolute Gasteiger partial charge is 0.338 e. The van der Waals surface area contributed by atoms with E-state index in [2.05, 4.69) is 13.8 Å². The van der Waals surface area contributed by atoms with E-state index < -0.39 is 0 Å². The second-order valence-electron chi connectivity index (χ2n) is 5.07. The van der Waals surface area contributed by atoms with Crippen LogP contribution in [0.5, 0.6) is 0 Å². The number of hydrogen-bond donors (Lipinski definition) is 1. The van der Waals surface area contributed by atoms with Crippen molar-refractivity contribution in [1.29, 1.82) is 0 Å². The number of amides is 1. The smallest absolute Gasteiger partial charge is 0.253 e. The van der Waals surface area contributed by atoms with Crippen LogP contribution < -0.4 is 5.73 Å². The molecule has 1 amide bonds. The molecule has 1 aromatic carbocycles. The van der Waals surface area contributed by atoms with E-state index in [-0.39, 0.29) is 18.3 Å². The van der Waals surface area contributed by atoms with Crippen molar-refractivity contribution in [1.82, 2.24) is 4.90 Å². The lowest BCUT2D eigenvalue weighted by atomic mass is 10.0. The minimum atomic E-state index is 0. The topological polar surface area (TPSA) is 46.3 Å². The molecule has 0 spiro atoms. The van der Waals surface area contributed by atoms with Gasteiger partial charge < -0.3 is 10.6 Å². The molecule has 0 saturated carbocycles. The molecule has 1 aliphatic heterocycles. The first-order valence-corrected chi connectivity index (χ1v) is 6.20. The number of likely N-dealkylation sites (tertiary alicyclic amines) is 1. The average Bonchev–Trinajstić information content (AvgIpc) is 2.69. The number of nitrogens with two attached hydrogens (primary N) is 1. The summed E-state index contributed by atoms with van der Waals surface area (Å²) in [7, 11) is 0. The molecule has 1 saturated heterocycles. The average molecular weight is 269 g/mol. The quantitative estimate of drug-likeness (QED) is 0.895. The molecule has 3 nitrogen and oxygen atoms in total. The molecule has 2 atom stereocenters. The molecule has 2 rings (SSSR count). The van der Waals surface area contributed by atoms with Crippen molar-refractivity contribution in [2.45, 2.75) is 20.4 Å². The second-order valence-corrected chi connectivity index (χ2v) is 5.07. The Balaban J connectivity index is 0.00000162. The van der Waals surface area contributed by atoms with Gasteiger partial charge in [-0.05, 0) is 29.5 Å². The summed E-state index contributed by atoms with van der Waals surface area (Å²) in [5.41, 5.74) is 7.37. The molecule has 0 aromatic heterocycles. The monoisotopic (exact) mass is 268 g/mol. The van der Waals surface area contributed by atoms with Gasteiger partial charge >= 0.3 is 0 Å². The van der Waals surface area contributed by atoms with Crippen molar-refractivity contribution in [2.75, 3.05) is 13.1 Å². The maximum absolute atomic E-state index is 12.2. The van der Waals surface area contributed by atoms with Crippen LogP contribution in [0.1, 0.15) is 29.8 Å². The zero-order valence-corrected chi connectivity index (χ0v) is 11.7. The predicted molar refractivity (Wildman–Crippen MR) is 75.8 cm³/mol. The first-order valence-electron chi connectivity index (χ1n) is 6.20. The molecule has 2 unspecified atom stereocenters. The Hall–Kier alpha value is -1.06. The van der Waals surface area contributed by atoms with Crippen molar-refractivity contribution in [3.05, 3.63) is 35.4 Å². The number of carbonyl (C=O) groups excluding carboxylic acids is 1. The van der Waals surface area contributed by atoms with Gasteiger partial charge in [0.1, 0.15) is 0 Å². The van der Waals surface area contributed by atoms with E-state index in [1.165, 1.54) is 0 Å². The van der Waals surface area contributed by atoms with Crippen molar-refractivity contribution in [3.63, 3.8) is 0 Å². The summed E-state index contributed by atoms with van der Waals surface area (Å²) in [6, 6.07) is 7.60. The Morgan fingerprint density at radius 2 is 1.72 bits per heavy atom. The van der Waals surface area contributed by atoms with Crippen LogP contribution in [0.3, 0.4) is 0 Å². The summed E-state index contributed by atoms with van der Waals surface area (Å²) in [5.74, 6) is 1.34. The predicted octanol–water partition coefficient (Wildman–Crippen LogP) is 2.30. The highest BCUT2D eigenvalue weighted by atomic mass is 35.5. The minimum absolute atomic E-state index is 0. The summed E-state index contributed by atoms with van der Waals surface area (Å²) < 4.78 is 0. The minimum Gasteiger partial charge on any atom is -0.338 e. The van der Waals surface area contributed by atoms with Crippen LogP contribution in [-0.2, 0) is 6.54 Å². The Labute approximate surface area is 115 Å². The van der Waals surface area contributed by atoms with E-state index in [0.717, 1.165) is 24.2 Å². The number of benzene rings is 1. The maximum Gasteiger partial charge on any atom is 0.253 e. The zero-order chi connectivity index (χ0) is 12.4. The molecule has 18 heavy (non-hydrogen) atoms. The van der Waals surface area contributed by atoms with Gasteiger partial charge in [-0.1, -0.05) is 26.0 Å². The van der Waals surface area contributed by atoms with Gasteiger partial charge in [-0.25, -0.2) is 0 Å². The molecule has 1 aromatic rings. The number of carbonyl (C=O) groups is 1. The number of hydrogen-bond acceptors (Lipinski definition) is 2. The Morgan fingerprint density at radius 1 is 1.22 bits per heavy atom. The molecule has 1 aliphatic rings. The fourth-order valence-electron chi connectivity index (χ4n) is 2.26. The Kier molecular flexibility index (Phi) is 5.17. The van der Waals surface area contributed by atoms with Crippen LogP contribution in [0.4, 0.5) is 0 Å². The highest BCUT2D eigenvalue weighted by Gasteiger charge is 2.29. The van der Waals surface area contributed by atoms with Crippen LogP contribution in [0.25, 0.3) is 0 Å². The SMILES string of the molecule is CC1CN(C(=O)c2ccc(CN)cc2)CC1C.Cl. The van der Waals surface area contributed by atoms with Gasteiger partial charge in [-0.3, -0.25) is 4.79 Å². The van der Waals surface area contributed by atoms with Crippen LogP contribution in [0.15, 0.2) is 24.3 Å². The maximum atomic E-state index is 12.2. The Morgan fingerprint density at radius 3 is 2.17 bits per heavy atom. The third-order valence-corrected chi connectivity index (χ3v) is 3.71. The standard InChI is InChI=1S/C14H20N2O.ClH/c1-10-8-16(9-11(10)2)14(17)13-5-3-12(7-15)4-6-13;/h3-6,10-11H,7-9,15H2,1-2H3;1H. The van der Waals surface area contributed by atoms with E-state index in [0.29, 0.717) is 18.4 Å². The zero-order valence-electron chi connectivity index (χ0n) is 10.9. The highest BCUT2D eigenvalue weighted by Crippen LogP contribution is 2.23. The number of nitrogens with zero attached hydrogens (tertiary/aromatic N) is 1.